The molecule has 2 N–H and O–H groups in total. The topological polar surface area (TPSA) is 87.8 Å². The van der Waals surface area contributed by atoms with Crippen LogP contribution in [0.3, 0.4) is 0 Å². The fraction of sp³-hybridized carbons (Fsp3) is 0.591. The zero-order valence-electron chi connectivity index (χ0n) is 18.6. The standard InChI is InChI=1S/C22H33ClN6O2/c1-4-24-22(25-14-20-27-21(28-31-20)16(3)30-5-2)26-19-10-12-29(13-11-19)15-17-6-8-18(23)9-7-17/h6-9,16,19H,4-5,10-15H2,1-3H3,(H2,24,25,26). The van der Waals surface area contributed by atoms with Crippen LogP contribution in [0.2, 0.25) is 5.02 Å². The second-order valence-corrected chi connectivity index (χ2v) is 8.10. The highest BCUT2D eigenvalue weighted by molar-refractivity contribution is 6.30. The van der Waals surface area contributed by atoms with E-state index in [0.29, 0.717) is 30.9 Å². The molecule has 8 nitrogen and oxygen atoms in total. The van der Waals surface area contributed by atoms with E-state index in [1.807, 2.05) is 26.0 Å². The Bertz CT molecular complexity index is 818. The van der Waals surface area contributed by atoms with Crippen LogP contribution < -0.4 is 10.6 Å². The SMILES string of the molecule is CCNC(=NCc1nc(C(C)OCC)no1)NC1CCN(Cc2ccc(Cl)cc2)CC1. The Morgan fingerprint density at radius 2 is 2.03 bits per heavy atom. The monoisotopic (exact) mass is 448 g/mol. The Morgan fingerprint density at radius 1 is 1.29 bits per heavy atom. The first-order valence-electron chi connectivity index (χ1n) is 11.0. The highest BCUT2D eigenvalue weighted by atomic mass is 35.5. The number of ether oxygens (including phenoxy) is 1. The van der Waals surface area contributed by atoms with Gasteiger partial charge in [0.2, 0.25) is 5.89 Å². The number of piperidine rings is 1. The number of aliphatic imine (C=N–C) groups is 1. The van der Waals surface area contributed by atoms with Crippen LogP contribution in [0.1, 0.15) is 57.0 Å². The molecule has 1 aliphatic heterocycles. The molecule has 1 unspecified atom stereocenters. The van der Waals surface area contributed by atoms with Crippen molar-refractivity contribution in [3.05, 3.63) is 46.6 Å². The number of nitrogens with one attached hydrogen (secondary N) is 2. The zero-order valence-corrected chi connectivity index (χ0v) is 19.4. The Balaban J connectivity index is 1.48. The van der Waals surface area contributed by atoms with Crippen molar-refractivity contribution in [1.82, 2.24) is 25.7 Å². The van der Waals surface area contributed by atoms with E-state index in [9.17, 15) is 0 Å². The fourth-order valence-corrected chi connectivity index (χ4v) is 3.69. The molecule has 1 fully saturated rings. The molecular weight excluding hydrogens is 416 g/mol. The molecule has 1 saturated heterocycles. The van der Waals surface area contributed by atoms with Crippen LogP contribution in [0.25, 0.3) is 0 Å². The number of guanidine groups is 1. The van der Waals surface area contributed by atoms with E-state index >= 15 is 0 Å². The number of benzene rings is 1. The molecule has 0 saturated carbocycles. The normalized spacial score (nSPS) is 17.0. The average molecular weight is 449 g/mol. The van der Waals surface area contributed by atoms with Crippen LogP contribution in [0.4, 0.5) is 0 Å². The summed E-state index contributed by atoms with van der Waals surface area (Å²) in [7, 11) is 0. The van der Waals surface area contributed by atoms with E-state index in [0.717, 1.165) is 50.0 Å². The predicted octanol–water partition coefficient (Wildman–Crippen LogP) is 3.54. The summed E-state index contributed by atoms with van der Waals surface area (Å²) in [5, 5.41) is 11.6. The van der Waals surface area contributed by atoms with Crippen LogP contribution in [-0.2, 0) is 17.8 Å². The van der Waals surface area contributed by atoms with Gasteiger partial charge in [-0.3, -0.25) is 4.90 Å². The van der Waals surface area contributed by atoms with E-state index in [4.69, 9.17) is 20.9 Å². The van der Waals surface area contributed by atoms with Crippen LogP contribution in [-0.4, -0.2) is 53.3 Å². The third-order valence-electron chi connectivity index (χ3n) is 5.23. The van der Waals surface area contributed by atoms with E-state index in [-0.39, 0.29) is 6.10 Å². The summed E-state index contributed by atoms with van der Waals surface area (Å²) < 4.78 is 10.8. The van der Waals surface area contributed by atoms with Crippen molar-refractivity contribution in [2.75, 3.05) is 26.2 Å². The molecule has 9 heteroatoms. The van der Waals surface area contributed by atoms with Gasteiger partial charge in [-0.1, -0.05) is 28.9 Å². The first-order valence-corrected chi connectivity index (χ1v) is 11.4. The van der Waals surface area contributed by atoms with Gasteiger partial charge in [-0.05, 0) is 51.3 Å². The van der Waals surface area contributed by atoms with Crippen molar-refractivity contribution in [2.24, 2.45) is 4.99 Å². The van der Waals surface area contributed by atoms with Crippen molar-refractivity contribution in [3.8, 4) is 0 Å². The van der Waals surface area contributed by atoms with E-state index in [1.54, 1.807) is 0 Å². The minimum Gasteiger partial charge on any atom is -0.371 e. The van der Waals surface area contributed by atoms with E-state index < -0.39 is 0 Å². The van der Waals surface area contributed by atoms with Crippen LogP contribution >= 0.6 is 11.6 Å². The molecule has 2 aromatic rings. The Labute approximate surface area is 189 Å². The van der Waals surface area contributed by atoms with Gasteiger partial charge in [-0.15, -0.1) is 0 Å². The second kappa shape index (κ2) is 12.0. The summed E-state index contributed by atoms with van der Waals surface area (Å²) in [6.07, 6.45) is 1.94. The van der Waals surface area contributed by atoms with E-state index in [1.165, 1.54) is 5.56 Å². The lowest BCUT2D eigenvalue weighted by atomic mass is 10.0. The maximum absolute atomic E-state index is 5.98. The fourth-order valence-electron chi connectivity index (χ4n) is 3.57. The predicted molar refractivity (Wildman–Crippen MR) is 122 cm³/mol. The number of hydrogen-bond donors (Lipinski definition) is 2. The lowest BCUT2D eigenvalue weighted by Gasteiger charge is -2.33. The molecule has 1 atom stereocenters. The Hall–Kier alpha value is -2.16. The molecule has 0 bridgehead atoms. The molecule has 1 aromatic carbocycles. The number of halogens is 1. The van der Waals surface area contributed by atoms with Gasteiger partial charge in [0.05, 0.1) is 0 Å². The smallest absolute Gasteiger partial charge is 0.248 e. The van der Waals surface area contributed by atoms with Crippen LogP contribution in [0, 0.1) is 0 Å². The number of aromatic nitrogens is 2. The first-order chi connectivity index (χ1) is 15.1. The summed E-state index contributed by atoms with van der Waals surface area (Å²) in [5.41, 5.74) is 1.29. The molecule has 0 radical (unpaired) electrons. The molecule has 1 aliphatic rings. The summed E-state index contributed by atoms with van der Waals surface area (Å²) >= 11 is 5.98. The molecule has 0 amide bonds. The number of rotatable bonds is 9. The van der Waals surface area contributed by atoms with Gasteiger partial charge in [0, 0.05) is 43.9 Å². The van der Waals surface area contributed by atoms with Crippen molar-refractivity contribution < 1.29 is 9.26 Å². The molecule has 31 heavy (non-hydrogen) atoms. The maximum Gasteiger partial charge on any atom is 0.248 e. The Morgan fingerprint density at radius 3 is 2.71 bits per heavy atom. The maximum atomic E-state index is 5.98. The Kier molecular flexibility index (Phi) is 9.12. The average Bonchev–Trinajstić information content (AvgIpc) is 3.25. The molecule has 2 heterocycles. The minimum atomic E-state index is -0.184. The molecule has 170 valence electrons. The lowest BCUT2D eigenvalue weighted by Crippen LogP contribution is -2.48. The van der Waals surface area contributed by atoms with Crippen molar-refractivity contribution in [2.45, 2.75) is 58.8 Å². The number of likely N-dealkylation sites (tertiary alicyclic amines) is 1. The quantitative estimate of drug-likeness (QED) is 0.448. The van der Waals surface area contributed by atoms with Gasteiger partial charge in [-0.2, -0.15) is 4.98 Å². The van der Waals surface area contributed by atoms with Gasteiger partial charge in [-0.25, -0.2) is 4.99 Å². The van der Waals surface area contributed by atoms with Gasteiger partial charge in [0.25, 0.3) is 0 Å². The summed E-state index contributed by atoms with van der Waals surface area (Å²) in [4.78, 5) is 11.5. The third kappa shape index (κ3) is 7.48. The van der Waals surface area contributed by atoms with E-state index in [2.05, 4.69) is 49.7 Å². The molecular formula is C22H33ClN6O2. The molecule has 3 rings (SSSR count). The highest BCUT2D eigenvalue weighted by Crippen LogP contribution is 2.16. The largest absolute Gasteiger partial charge is 0.371 e. The van der Waals surface area contributed by atoms with Gasteiger partial charge in [0.15, 0.2) is 11.8 Å². The number of nitrogens with zero attached hydrogens (tertiary/aromatic N) is 4. The number of hydrogen-bond acceptors (Lipinski definition) is 6. The van der Waals surface area contributed by atoms with Gasteiger partial charge < -0.3 is 19.9 Å². The second-order valence-electron chi connectivity index (χ2n) is 7.66. The third-order valence-corrected chi connectivity index (χ3v) is 5.48. The molecule has 1 aromatic heterocycles. The minimum absolute atomic E-state index is 0.184. The lowest BCUT2D eigenvalue weighted by molar-refractivity contribution is 0.0683. The van der Waals surface area contributed by atoms with Gasteiger partial charge >= 0.3 is 0 Å². The molecule has 0 spiro atoms. The van der Waals surface area contributed by atoms with Crippen molar-refractivity contribution in [1.29, 1.82) is 0 Å². The van der Waals surface area contributed by atoms with Crippen LogP contribution in [0.15, 0.2) is 33.8 Å². The van der Waals surface area contributed by atoms with Crippen LogP contribution in [0.5, 0.6) is 0 Å². The highest BCUT2D eigenvalue weighted by Gasteiger charge is 2.20. The first kappa shape index (κ1) is 23.5. The van der Waals surface area contributed by atoms with Gasteiger partial charge in [0.1, 0.15) is 12.6 Å². The summed E-state index contributed by atoms with van der Waals surface area (Å²) in [5.74, 6) is 1.81. The zero-order chi connectivity index (χ0) is 22.1. The molecule has 0 aliphatic carbocycles. The van der Waals surface area contributed by atoms with Crippen molar-refractivity contribution in [3.63, 3.8) is 0 Å². The summed E-state index contributed by atoms with van der Waals surface area (Å²) in [6.45, 7) is 10.7. The summed E-state index contributed by atoms with van der Waals surface area (Å²) in [6, 6.07) is 8.49. The van der Waals surface area contributed by atoms with Crippen molar-refractivity contribution >= 4 is 17.6 Å².